The summed E-state index contributed by atoms with van der Waals surface area (Å²) in [5.74, 6) is 0.405. The van der Waals surface area contributed by atoms with Crippen LogP contribution >= 0.6 is 11.6 Å². The van der Waals surface area contributed by atoms with E-state index < -0.39 is 18.0 Å². The molecule has 10 nitrogen and oxygen atoms in total. The van der Waals surface area contributed by atoms with Crippen molar-refractivity contribution in [3.63, 3.8) is 0 Å². The quantitative estimate of drug-likeness (QED) is 0.137. The molecule has 0 aromatic heterocycles. The van der Waals surface area contributed by atoms with Gasteiger partial charge in [0.2, 0.25) is 0 Å². The van der Waals surface area contributed by atoms with E-state index >= 15 is 0 Å². The summed E-state index contributed by atoms with van der Waals surface area (Å²) >= 11 is 6.33. The molecule has 0 fully saturated rings. The van der Waals surface area contributed by atoms with E-state index in [1.54, 1.807) is 36.4 Å². The highest BCUT2D eigenvalue weighted by molar-refractivity contribution is 6.34. The number of benzene rings is 3. The first-order chi connectivity index (χ1) is 20.7. The number of carbonyl (C=O) groups excluding carboxylic acids is 3. The lowest BCUT2D eigenvalue weighted by Gasteiger charge is -2.20. The molecular formula is C32H33ClN2O8. The first kappa shape index (κ1) is 31.2. The molecule has 0 bridgehead atoms. The highest BCUT2D eigenvalue weighted by Gasteiger charge is 2.32. The van der Waals surface area contributed by atoms with Gasteiger partial charge in [-0.2, -0.15) is 0 Å². The Morgan fingerprint density at radius 3 is 2.33 bits per heavy atom. The van der Waals surface area contributed by atoms with Crippen molar-refractivity contribution < 1.29 is 38.1 Å². The number of urea groups is 1. The maximum absolute atomic E-state index is 13.0. The molecule has 2 N–H and O–H groups in total. The maximum Gasteiger partial charge on any atom is 0.341 e. The fourth-order valence-corrected chi connectivity index (χ4v) is 5.06. The monoisotopic (exact) mass is 608 g/mol. The number of fused-ring (bicyclic) bond motifs is 1. The van der Waals surface area contributed by atoms with Gasteiger partial charge in [0.1, 0.15) is 17.4 Å². The van der Waals surface area contributed by atoms with Gasteiger partial charge < -0.3 is 34.3 Å². The molecule has 4 rings (SSSR count). The Labute approximate surface area is 254 Å². The Kier molecular flexibility index (Phi) is 10.2. The third-order valence-electron chi connectivity index (χ3n) is 7.00. The number of cyclic esters (lactones) is 1. The molecule has 0 unspecified atom stereocenters. The second-order valence-corrected chi connectivity index (χ2v) is 10.1. The minimum atomic E-state index is -0.519. The number of para-hydroxylation sites is 1. The van der Waals surface area contributed by atoms with E-state index in [9.17, 15) is 14.4 Å². The highest BCUT2D eigenvalue weighted by Crippen LogP contribution is 2.42. The predicted octanol–water partition coefficient (Wildman–Crippen LogP) is 6.86. The van der Waals surface area contributed by atoms with Crippen LogP contribution in [-0.4, -0.2) is 39.3 Å². The molecule has 2 amide bonds. The zero-order valence-electron chi connectivity index (χ0n) is 24.6. The Balaban J connectivity index is 1.52. The van der Waals surface area contributed by atoms with Crippen LogP contribution < -0.4 is 29.6 Å². The van der Waals surface area contributed by atoms with E-state index in [1.807, 2.05) is 26.0 Å². The first-order valence-electron chi connectivity index (χ1n) is 13.5. The van der Waals surface area contributed by atoms with Crippen molar-refractivity contribution in [3.8, 4) is 23.0 Å². The summed E-state index contributed by atoms with van der Waals surface area (Å²) in [6, 6.07) is 11.6. The summed E-state index contributed by atoms with van der Waals surface area (Å²) in [5, 5.41) is 5.76. The van der Waals surface area contributed by atoms with Gasteiger partial charge in [-0.1, -0.05) is 41.4 Å². The Hall–Kier alpha value is -4.70. The van der Waals surface area contributed by atoms with Crippen LogP contribution in [0.25, 0.3) is 0 Å². The summed E-state index contributed by atoms with van der Waals surface area (Å²) < 4.78 is 27.0. The smallest absolute Gasteiger partial charge is 0.341 e. The van der Waals surface area contributed by atoms with Crippen LogP contribution in [0.3, 0.4) is 0 Å². The van der Waals surface area contributed by atoms with Gasteiger partial charge in [0, 0.05) is 23.2 Å². The maximum atomic E-state index is 13.0. The van der Waals surface area contributed by atoms with Crippen LogP contribution in [0.4, 0.5) is 16.2 Å². The number of methoxy groups -OCH3 is 3. The van der Waals surface area contributed by atoms with Crippen LogP contribution in [0.15, 0.2) is 54.1 Å². The number of esters is 2. The lowest BCUT2D eigenvalue weighted by Crippen LogP contribution is -2.22. The minimum absolute atomic E-state index is 0.0876. The molecule has 1 aliphatic rings. The number of hydrogen-bond acceptors (Lipinski definition) is 8. The molecule has 0 aliphatic carbocycles. The number of ether oxygens (including phenoxy) is 5. The van der Waals surface area contributed by atoms with Gasteiger partial charge in [0.05, 0.1) is 32.6 Å². The second-order valence-electron chi connectivity index (χ2n) is 9.73. The van der Waals surface area contributed by atoms with Gasteiger partial charge >= 0.3 is 18.0 Å². The van der Waals surface area contributed by atoms with E-state index in [0.29, 0.717) is 52.4 Å². The Morgan fingerprint density at radius 2 is 1.65 bits per heavy atom. The van der Waals surface area contributed by atoms with Gasteiger partial charge in [-0.3, -0.25) is 4.79 Å². The molecule has 0 atom stereocenters. The number of amides is 2. The van der Waals surface area contributed by atoms with Crippen molar-refractivity contribution in [3.05, 3.63) is 81.4 Å². The zero-order chi connectivity index (χ0) is 31.1. The highest BCUT2D eigenvalue weighted by atomic mass is 35.5. The summed E-state index contributed by atoms with van der Waals surface area (Å²) in [7, 11) is 4.47. The van der Waals surface area contributed by atoms with E-state index in [-0.39, 0.29) is 29.5 Å². The largest absolute Gasteiger partial charge is 0.496 e. The minimum Gasteiger partial charge on any atom is -0.496 e. The second kappa shape index (κ2) is 14.0. The molecule has 3 aromatic rings. The van der Waals surface area contributed by atoms with E-state index in [4.69, 9.17) is 35.3 Å². The lowest BCUT2D eigenvalue weighted by molar-refractivity contribution is -0.134. The fourth-order valence-electron chi connectivity index (χ4n) is 4.79. The number of hydrogen-bond donors (Lipinski definition) is 2. The van der Waals surface area contributed by atoms with E-state index in [2.05, 4.69) is 10.6 Å². The number of allylic oxidation sites excluding steroid dienone is 2. The van der Waals surface area contributed by atoms with Crippen molar-refractivity contribution in [2.45, 2.75) is 39.7 Å². The summed E-state index contributed by atoms with van der Waals surface area (Å²) in [4.78, 5) is 38.4. The van der Waals surface area contributed by atoms with Crippen LogP contribution in [0.2, 0.25) is 5.02 Å². The molecule has 11 heteroatoms. The average molecular weight is 609 g/mol. The van der Waals surface area contributed by atoms with Gasteiger partial charge in [0.25, 0.3) is 0 Å². The van der Waals surface area contributed by atoms with Crippen molar-refractivity contribution in [1.82, 2.24) is 0 Å². The molecule has 1 aliphatic heterocycles. The molecule has 0 spiro atoms. The van der Waals surface area contributed by atoms with Crippen molar-refractivity contribution in [2.24, 2.45) is 0 Å². The Bertz CT molecular complexity index is 1570. The topological polar surface area (TPSA) is 121 Å². The first-order valence-corrected chi connectivity index (χ1v) is 13.8. The van der Waals surface area contributed by atoms with Gasteiger partial charge in [-0.05, 0) is 56.5 Å². The SMILES string of the molecule is COc1ccc(OC(=O)CCC(C)=CCc2c(NC(=O)Nc3ccccc3)c3c(c(C)c2OC)COC3=O)c(Cl)c1OC. The fraction of sp³-hybridized carbons (Fsp3) is 0.281. The van der Waals surface area contributed by atoms with Crippen molar-refractivity contribution in [2.75, 3.05) is 32.0 Å². The molecule has 3 aromatic carbocycles. The summed E-state index contributed by atoms with van der Waals surface area (Å²) in [6.07, 6.45) is 2.72. The summed E-state index contributed by atoms with van der Waals surface area (Å²) in [6.45, 7) is 3.82. The number of rotatable bonds is 11. The molecule has 226 valence electrons. The zero-order valence-corrected chi connectivity index (χ0v) is 25.3. The van der Waals surface area contributed by atoms with E-state index in [0.717, 1.165) is 11.1 Å². The van der Waals surface area contributed by atoms with Crippen LogP contribution in [0, 0.1) is 6.92 Å². The third-order valence-corrected chi connectivity index (χ3v) is 7.36. The van der Waals surface area contributed by atoms with E-state index in [1.165, 1.54) is 21.3 Å². The molecule has 43 heavy (non-hydrogen) atoms. The molecule has 1 heterocycles. The lowest BCUT2D eigenvalue weighted by atomic mass is 9.93. The van der Waals surface area contributed by atoms with Gasteiger partial charge in [-0.25, -0.2) is 9.59 Å². The van der Waals surface area contributed by atoms with Gasteiger partial charge in [0.15, 0.2) is 17.2 Å². The standard InChI is InChI=1S/C32H33ClN2O8/c1-18(12-16-25(36)43-23-14-15-24(39-3)30(41-5)27(23)33)11-13-21-28(35-32(38)34-20-9-7-6-8-10-20)26-22(17-42-31(26)37)19(2)29(21)40-4/h6-11,14-15H,12-13,16-17H2,1-5H3,(H2,34,35,38). The third kappa shape index (κ3) is 7.03. The summed E-state index contributed by atoms with van der Waals surface area (Å²) in [5.41, 5.74) is 4.14. The number of halogens is 1. The van der Waals surface area contributed by atoms with Crippen molar-refractivity contribution >= 4 is 40.9 Å². The molecular weight excluding hydrogens is 576 g/mol. The average Bonchev–Trinajstić information content (AvgIpc) is 3.39. The Morgan fingerprint density at radius 1 is 0.953 bits per heavy atom. The van der Waals surface area contributed by atoms with Gasteiger partial charge in [-0.15, -0.1) is 0 Å². The molecule has 0 radical (unpaired) electrons. The molecule has 0 saturated heterocycles. The van der Waals surface area contributed by atoms with Crippen molar-refractivity contribution in [1.29, 1.82) is 0 Å². The van der Waals surface area contributed by atoms with Crippen LogP contribution in [0.5, 0.6) is 23.0 Å². The van der Waals surface area contributed by atoms with Crippen LogP contribution in [-0.2, 0) is 22.6 Å². The number of nitrogens with one attached hydrogen (secondary N) is 2. The van der Waals surface area contributed by atoms with Crippen LogP contribution in [0.1, 0.15) is 46.8 Å². The predicted molar refractivity (Wildman–Crippen MR) is 163 cm³/mol. The molecule has 0 saturated carbocycles. The number of carbonyl (C=O) groups is 3. The normalized spacial score (nSPS) is 12.2. The number of anilines is 2.